The first kappa shape index (κ1) is 13.5. The standard InChI is InChI=1S/C11H16N4O4/c1-11(2)6-14(3-4-19-7-11)10(16)9-8(15(17)18)5-12-13-9/h5H,3-4,6-7H2,1-2H3,(H,12,13). The molecule has 1 aliphatic rings. The van der Waals surface area contributed by atoms with Crippen molar-refractivity contribution in [1.29, 1.82) is 0 Å². The molecule has 1 amide bonds. The summed E-state index contributed by atoms with van der Waals surface area (Å²) in [6, 6.07) is 0. The van der Waals surface area contributed by atoms with E-state index in [4.69, 9.17) is 4.74 Å². The Morgan fingerprint density at radius 2 is 2.37 bits per heavy atom. The molecule has 0 atom stereocenters. The number of carbonyl (C=O) groups is 1. The monoisotopic (exact) mass is 268 g/mol. The number of ether oxygens (including phenoxy) is 1. The molecule has 104 valence electrons. The van der Waals surface area contributed by atoms with Gasteiger partial charge in [0.15, 0.2) is 0 Å². The highest BCUT2D eigenvalue weighted by molar-refractivity contribution is 5.96. The van der Waals surface area contributed by atoms with Crippen LogP contribution in [0.15, 0.2) is 6.20 Å². The molecule has 19 heavy (non-hydrogen) atoms. The van der Waals surface area contributed by atoms with E-state index in [0.717, 1.165) is 6.20 Å². The first-order valence-corrected chi connectivity index (χ1v) is 5.95. The van der Waals surface area contributed by atoms with Crippen LogP contribution >= 0.6 is 0 Å². The van der Waals surface area contributed by atoms with Gasteiger partial charge in [0, 0.05) is 18.5 Å². The molecular formula is C11H16N4O4. The summed E-state index contributed by atoms with van der Waals surface area (Å²) in [6.45, 7) is 5.86. The highest BCUT2D eigenvalue weighted by Crippen LogP contribution is 2.23. The zero-order valence-electron chi connectivity index (χ0n) is 10.9. The van der Waals surface area contributed by atoms with E-state index >= 15 is 0 Å². The summed E-state index contributed by atoms with van der Waals surface area (Å²) in [5.41, 5.74) is -0.559. The zero-order chi connectivity index (χ0) is 14.0. The molecule has 8 nitrogen and oxygen atoms in total. The third-order valence-corrected chi connectivity index (χ3v) is 2.93. The van der Waals surface area contributed by atoms with Gasteiger partial charge in [-0.3, -0.25) is 20.0 Å². The van der Waals surface area contributed by atoms with Crippen molar-refractivity contribution in [1.82, 2.24) is 15.1 Å². The van der Waals surface area contributed by atoms with Crippen LogP contribution in [0.2, 0.25) is 0 Å². The van der Waals surface area contributed by atoms with E-state index in [0.29, 0.717) is 26.3 Å². The second-order valence-electron chi connectivity index (χ2n) is 5.33. The predicted octanol–water partition coefficient (Wildman–Crippen LogP) is 0.816. The molecule has 2 rings (SSSR count). The molecule has 0 unspecified atom stereocenters. The van der Waals surface area contributed by atoms with Crippen molar-refractivity contribution < 1.29 is 14.5 Å². The molecule has 1 saturated heterocycles. The SMILES string of the molecule is CC1(C)COCCN(C(=O)c2[nH]ncc2[N+](=O)[O-])C1. The summed E-state index contributed by atoms with van der Waals surface area (Å²) in [5, 5.41) is 16.8. The van der Waals surface area contributed by atoms with Gasteiger partial charge in [-0.05, 0) is 0 Å². The number of aromatic amines is 1. The van der Waals surface area contributed by atoms with Crippen LogP contribution in [0.3, 0.4) is 0 Å². The minimum atomic E-state index is -0.615. The van der Waals surface area contributed by atoms with Crippen molar-refractivity contribution in [2.75, 3.05) is 26.3 Å². The number of nitrogens with one attached hydrogen (secondary N) is 1. The summed E-state index contributed by atoms with van der Waals surface area (Å²) < 4.78 is 5.43. The number of H-pyrrole nitrogens is 1. The molecular weight excluding hydrogens is 252 g/mol. The Labute approximate surface area is 109 Å². The van der Waals surface area contributed by atoms with Crippen molar-refractivity contribution in [2.24, 2.45) is 5.41 Å². The van der Waals surface area contributed by atoms with E-state index in [1.54, 1.807) is 4.90 Å². The Morgan fingerprint density at radius 3 is 3.05 bits per heavy atom. The van der Waals surface area contributed by atoms with Crippen LogP contribution in [0, 0.1) is 15.5 Å². The van der Waals surface area contributed by atoms with Gasteiger partial charge in [0.1, 0.15) is 6.20 Å². The van der Waals surface area contributed by atoms with Crippen LogP contribution < -0.4 is 0 Å². The number of hydrogen-bond acceptors (Lipinski definition) is 5. The summed E-state index contributed by atoms with van der Waals surface area (Å²) in [5.74, 6) is -0.414. The van der Waals surface area contributed by atoms with Gasteiger partial charge in [0.25, 0.3) is 5.91 Å². The molecule has 0 aromatic carbocycles. The number of rotatable bonds is 2. The first-order valence-electron chi connectivity index (χ1n) is 5.95. The topological polar surface area (TPSA) is 101 Å². The van der Waals surface area contributed by atoms with Gasteiger partial charge in [0.2, 0.25) is 5.69 Å². The maximum absolute atomic E-state index is 12.3. The van der Waals surface area contributed by atoms with Gasteiger partial charge >= 0.3 is 5.69 Å². The number of nitrogens with zero attached hydrogens (tertiary/aromatic N) is 3. The van der Waals surface area contributed by atoms with Gasteiger partial charge < -0.3 is 9.64 Å². The molecule has 1 N–H and O–H groups in total. The minimum Gasteiger partial charge on any atom is -0.379 e. The van der Waals surface area contributed by atoms with Crippen LogP contribution in [-0.4, -0.2) is 52.2 Å². The van der Waals surface area contributed by atoms with Gasteiger partial charge in [-0.15, -0.1) is 0 Å². The van der Waals surface area contributed by atoms with Crippen LogP contribution in [0.5, 0.6) is 0 Å². The van der Waals surface area contributed by atoms with E-state index < -0.39 is 10.8 Å². The summed E-state index contributed by atoms with van der Waals surface area (Å²) in [7, 11) is 0. The average molecular weight is 268 g/mol. The second-order valence-corrected chi connectivity index (χ2v) is 5.33. The molecule has 1 fully saturated rings. The highest BCUT2D eigenvalue weighted by Gasteiger charge is 2.32. The lowest BCUT2D eigenvalue weighted by Crippen LogP contribution is -2.39. The van der Waals surface area contributed by atoms with Crippen LogP contribution in [0.1, 0.15) is 24.3 Å². The lowest BCUT2D eigenvalue weighted by atomic mass is 9.94. The largest absolute Gasteiger partial charge is 0.379 e. The lowest BCUT2D eigenvalue weighted by Gasteiger charge is -2.27. The maximum atomic E-state index is 12.3. The second kappa shape index (κ2) is 4.96. The Morgan fingerprint density at radius 1 is 1.63 bits per heavy atom. The molecule has 1 aliphatic heterocycles. The normalized spacial score (nSPS) is 18.9. The number of amides is 1. The van der Waals surface area contributed by atoms with Crippen LogP contribution in [0.4, 0.5) is 5.69 Å². The molecule has 0 bridgehead atoms. The molecule has 0 aliphatic carbocycles. The molecule has 0 saturated carbocycles. The predicted molar refractivity (Wildman–Crippen MR) is 65.7 cm³/mol. The van der Waals surface area contributed by atoms with E-state index in [1.807, 2.05) is 13.8 Å². The quantitative estimate of drug-likeness (QED) is 0.632. The Balaban J connectivity index is 2.23. The Kier molecular flexibility index (Phi) is 3.52. The molecule has 1 aromatic rings. The fourth-order valence-corrected chi connectivity index (χ4v) is 2.07. The van der Waals surface area contributed by atoms with Crippen molar-refractivity contribution in [3.05, 3.63) is 22.0 Å². The lowest BCUT2D eigenvalue weighted by molar-refractivity contribution is -0.385. The van der Waals surface area contributed by atoms with Crippen molar-refractivity contribution >= 4 is 11.6 Å². The number of hydrogen-bond donors (Lipinski definition) is 1. The Bertz CT molecular complexity index is 497. The third-order valence-electron chi connectivity index (χ3n) is 2.93. The number of nitro groups is 1. The fraction of sp³-hybridized carbons (Fsp3) is 0.636. The van der Waals surface area contributed by atoms with E-state index in [1.165, 1.54) is 0 Å². The van der Waals surface area contributed by atoms with Crippen molar-refractivity contribution in [2.45, 2.75) is 13.8 Å². The van der Waals surface area contributed by atoms with Crippen LogP contribution in [0.25, 0.3) is 0 Å². The Hall–Kier alpha value is -1.96. The van der Waals surface area contributed by atoms with Gasteiger partial charge in [0.05, 0.1) is 18.1 Å². The van der Waals surface area contributed by atoms with Gasteiger partial charge in [-0.2, -0.15) is 5.10 Å². The van der Waals surface area contributed by atoms with Gasteiger partial charge in [-0.25, -0.2) is 0 Å². The van der Waals surface area contributed by atoms with E-state index in [-0.39, 0.29) is 16.8 Å². The molecule has 1 aromatic heterocycles. The smallest absolute Gasteiger partial charge is 0.319 e. The minimum absolute atomic E-state index is 0.0808. The van der Waals surface area contributed by atoms with Gasteiger partial charge in [-0.1, -0.05) is 13.8 Å². The molecule has 0 spiro atoms. The van der Waals surface area contributed by atoms with Crippen molar-refractivity contribution in [3.63, 3.8) is 0 Å². The van der Waals surface area contributed by atoms with Crippen molar-refractivity contribution in [3.8, 4) is 0 Å². The van der Waals surface area contributed by atoms with E-state index in [9.17, 15) is 14.9 Å². The molecule has 2 heterocycles. The maximum Gasteiger partial charge on any atom is 0.319 e. The summed E-state index contributed by atoms with van der Waals surface area (Å²) in [6.07, 6.45) is 1.05. The summed E-state index contributed by atoms with van der Waals surface area (Å²) >= 11 is 0. The third kappa shape index (κ3) is 2.90. The summed E-state index contributed by atoms with van der Waals surface area (Å²) in [4.78, 5) is 24.1. The molecule has 8 heteroatoms. The first-order chi connectivity index (χ1) is 8.91. The van der Waals surface area contributed by atoms with E-state index in [2.05, 4.69) is 10.2 Å². The zero-order valence-corrected chi connectivity index (χ0v) is 10.9. The molecule has 0 radical (unpaired) electrons. The van der Waals surface area contributed by atoms with Crippen LogP contribution in [-0.2, 0) is 4.74 Å². The number of carbonyl (C=O) groups excluding carboxylic acids is 1. The average Bonchev–Trinajstić information content (AvgIpc) is 2.74. The highest BCUT2D eigenvalue weighted by atomic mass is 16.6. The number of aromatic nitrogens is 2. The fourth-order valence-electron chi connectivity index (χ4n) is 2.07.